The van der Waals surface area contributed by atoms with Crippen molar-refractivity contribution in [3.8, 4) is 0 Å². The van der Waals surface area contributed by atoms with Crippen molar-refractivity contribution in [2.24, 2.45) is 17.6 Å². The number of benzene rings is 1. The van der Waals surface area contributed by atoms with Gasteiger partial charge in [-0.25, -0.2) is 14.2 Å². The number of carbonyl (C=O) groups is 2. The number of hydrogen-bond donors (Lipinski definition) is 2. The van der Waals surface area contributed by atoms with Crippen molar-refractivity contribution in [1.29, 1.82) is 0 Å². The van der Waals surface area contributed by atoms with Crippen molar-refractivity contribution < 1.29 is 9.59 Å². The summed E-state index contributed by atoms with van der Waals surface area (Å²) < 4.78 is 2.82. The van der Waals surface area contributed by atoms with Gasteiger partial charge in [-0.2, -0.15) is 0 Å². The summed E-state index contributed by atoms with van der Waals surface area (Å²) >= 11 is 0. The third-order valence-corrected chi connectivity index (χ3v) is 5.46. The van der Waals surface area contributed by atoms with E-state index in [2.05, 4.69) is 5.32 Å². The molecule has 2 aromatic rings. The molecular formula is C20H28N4O3. The van der Waals surface area contributed by atoms with Crippen LogP contribution < -0.4 is 16.7 Å². The fourth-order valence-electron chi connectivity index (χ4n) is 3.97. The third kappa shape index (κ3) is 3.91. The van der Waals surface area contributed by atoms with E-state index in [9.17, 15) is 14.4 Å². The normalized spacial score (nSPS) is 16.6. The Morgan fingerprint density at radius 1 is 1.15 bits per heavy atom. The first kappa shape index (κ1) is 19.2. The highest BCUT2D eigenvalue weighted by molar-refractivity contribution is 5.92. The minimum Gasteiger partial charge on any atom is -0.368 e. The lowest BCUT2D eigenvalue weighted by atomic mass is 9.89. The molecule has 0 radical (unpaired) electrons. The lowest BCUT2D eigenvalue weighted by molar-refractivity contribution is -0.120. The van der Waals surface area contributed by atoms with Gasteiger partial charge < -0.3 is 11.1 Å². The first-order valence-electron chi connectivity index (χ1n) is 9.70. The van der Waals surface area contributed by atoms with E-state index in [1.807, 2.05) is 12.1 Å². The third-order valence-electron chi connectivity index (χ3n) is 5.46. The molecule has 1 aromatic heterocycles. The van der Waals surface area contributed by atoms with Crippen molar-refractivity contribution in [1.82, 2.24) is 14.5 Å². The molecule has 0 spiro atoms. The smallest absolute Gasteiger partial charge is 0.337 e. The molecule has 7 heteroatoms. The molecule has 0 bridgehead atoms. The van der Waals surface area contributed by atoms with Crippen LogP contribution in [0.2, 0.25) is 0 Å². The van der Waals surface area contributed by atoms with Crippen LogP contribution in [0.5, 0.6) is 0 Å². The molecule has 0 aliphatic heterocycles. The molecule has 1 saturated carbocycles. The standard InChI is InChI=1S/C20H28N4O3/c1-13(2)17(18(21)25)22-19(26)24-16-11-7-6-10-15(16)23(20(24)27)12-14-8-4-3-5-9-14/h6-7,10-11,13-14,17H,3-5,8-9,12H2,1-2H3,(H2,21,25)(H,22,26)/t17-/m0/s1. The van der Waals surface area contributed by atoms with Gasteiger partial charge >= 0.3 is 11.7 Å². The summed E-state index contributed by atoms with van der Waals surface area (Å²) in [7, 11) is 0. The summed E-state index contributed by atoms with van der Waals surface area (Å²) in [5, 5.41) is 2.62. The number of nitrogens with two attached hydrogens (primary N) is 1. The summed E-state index contributed by atoms with van der Waals surface area (Å²) in [5.74, 6) is -0.331. The Morgan fingerprint density at radius 3 is 2.37 bits per heavy atom. The number of aromatic nitrogens is 2. The predicted octanol–water partition coefficient (Wildman–Crippen LogP) is 2.45. The average Bonchev–Trinajstić information content (AvgIpc) is 2.92. The Balaban J connectivity index is 1.98. The summed E-state index contributed by atoms with van der Waals surface area (Å²) in [5.41, 5.74) is 6.31. The maximum absolute atomic E-state index is 13.1. The number of imidazole rings is 1. The number of carbonyl (C=O) groups excluding carboxylic acids is 2. The van der Waals surface area contributed by atoms with E-state index in [1.165, 1.54) is 19.3 Å². The van der Waals surface area contributed by atoms with Crippen molar-refractivity contribution in [3.05, 3.63) is 34.7 Å². The second kappa shape index (κ2) is 7.98. The molecular weight excluding hydrogens is 344 g/mol. The molecule has 7 nitrogen and oxygen atoms in total. The molecule has 2 amide bonds. The zero-order chi connectivity index (χ0) is 19.6. The Kier molecular flexibility index (Phi) is 5.68. The number of nitrogens with one attached hydrogen (secondary N) is 1. The van der Waals surface area contributed by atoms with Gasteiger partial charge in [0.2, 0.25) is 5.91 Å². The second-order valence-corrected chi connectivity index (χ2v) is 7.79. The molecule has 0 unspecified atom stereocenters. The van der Waals surface area contributed by atoms with Gasteiger partial charge in [0.15, 0.2) is 0 Å². The average molecular weight is 372 g/mol. The highest BCUT2D eigenvalue weighted by Crippen LogP contribution is 2.26. The molecule has 3 N–H and O–H groups in total. The van der Waals surface area contributed by atoms with Gasteiger partial charge in [-0.1, -0.05) is 45.2 Å². The number of rotatable bonds is 5. The summed E-state index contributed by atoms with van der Waals surface area (Å²) in [6.45, 7) is 4.21. The fraction of sp³-hybridized carbons (Fsp3) is 0.550. The maximum atomic E-state index is 13.1. The van der Waals surface area contributed by atoms with Crippen LogP contribution in [0.3, 0.4) is 0 Å². The quantitative estimate of drug-likeness (QED) is 0.843. The van der Waals surface area contributed by atoms with Gasteiger partial charge in [-0.15, -0.1) is 0 Å². The Labute approximate surface area is 158 Å². The largest absolute Gasteiger partial charge is 0.368 e. The number of amides is 2. The Morgan fingerprint density at radius 2 is 1.78 bits per heavy atom. The van der Waals surface area contributed by atoms with E-state index in [-0.39, 0.29) is 11.6 Å². The molecule has 1 fully saturated rings. The summed E-state index contributed by atoms with van der Waals surface area (Å²) in [4.78, 5) is 37.5. The van der Waals surface area contributed by atoms with Crippen LogP contribution in [0.25, 0.3) is 11.0 Å². The zero-order valence-electron chi connectivity index (χ0n) is 16.0. The van der Waals surface area contributed by atoms with Crippen LogP contribution >= 0.6 is 0 Å². The molecule has 1 aliphatic carbocycles. The first-order valence-corrected chi connectivity index (χ1v) is 9.70. The summed E-state index contributed by atoms with van der Waals surface area (Å²) in [6, 6.07) is 5.83. The molecule has 1 heterocycles. The van der Waals surface area contributed by atoms with Crippen molar-refractivity contribution in [3.63, 3.8) is 0 Å². The second-order valence-electron chi connectivity index (χ2n) is 7.79. The lowest BCUT2D eigenvalue weighted by Gasteiger charge is -2.21. The predicted molar refractivity (Wildman–Crippen MR) is 105 cm³/mol. The fourth-order valence-corrected chi connectivity index (χ4v) is 3.97. The lowest BCUT2D eigenvalue weighted by Crippen LogP contribution is -2.50. The van der Waals surface area contributed by atoms with Crippen LogP contribution in [0.4, 0.5) is 4.79 Å². The molecule has 1 aliphatic rings. The molecule has 1 atom stereocenters. The minimum atomic E-state index is -0.829. The van der Waals surface area contributed by atoms with Crippen LogP contribution in [0, 0.1) is 11.8 Å². The number of hydrogen-bond acceptors (Lipinski definition) is 3. The number of fused-ring (bicyclic) bond motifs is 1. The monoisotopic (exact) mass is 372 g/mol. The summed E-state index contributed by atoms with van der Waals surface area (Å²) in [6.07, 6.45) is 5.84. The Bertz CT molecular complexity index is 890. The molecule has 0 saturated heterocycles. The molecule has 3 rings (SSSR count). The van der Waals surface area contributed by atoms with Crippen molar-refractivity contribution >= 4 is 23.0 Å². The van der Waals surface area contributed by atoms with E-state index in [0.717, 1.165) is 22.9 Å². The highest BCUT2D eigenvalue weighted by atomic mass is 16.2. The van der Waals surface area contributed by atoms with Gasteiger partial charge in [-0.05, 0) is 36.8 Å². The Hall–Kier alpha value is -2.57. The van der Waals surface area contributed by atoms with Crippen LogP contribution in [-0.2, 0) is 11.3 Å². The SMILES string of the molecule is CC(C)[C@H](NC(=O)n1c(=O)n(CC2CCCCC2)c2ccccc21)C(N)=O. The van der Waals surface area contributed by atoms with Gasteiger partial charge in [0.25, 0.3) is 0 Å². The van der Waals surface area contributed by atoms with E-state index >= 15 is 0 Å². The van der Waals surface area contributed by atoms with Crippen molar-refractivity contribution in [2.45, 2.75) is 58.5 Å². The van der Waals surface area contributed by atoms with E-state index in [0.29, 0.717) is 18.0 Å². The highest BCUT2D eigenvalue weighted by Gasteiger charge is 2.26. The van der Waals surface area contributed by atoms with E-state index in [4.69, 9.17) is 5.73 Å². The van der Waals surface area contributed by atoms with Gasteiger partial charge in [-0.3, -0.25) is 9.36 Å². The van der Waals surface area contributed by atoms with Gasteiger partial charge in [0, 0.05) is 6.54 Å². The van der Waals surface area contributed by atoms with Gasteiger partial charge in [0.05, 0.1) is 11.0 Å². The van der Waals surface area contributed by atoms with Crippen LogP contribution in [0.15, 0.2) is 29.1 Å². The van der Waals surface area contributed by atoms with Crippen LogP contribution in [0.1, 0.15) is 46.0 Å². The van der Waals surface area contributed by atoms with Crippen molar-refractivity contribution in [2.75, 3.05) is 0 Å². The number of para-hydroxylation sites is 2. The number of nitrogens with zero attached hydrogens (tertiary/aromatic N) is 2. The van der Waals surface area contributed by atoms with E-state index < -0.39 is 18.0 Å². The molecule has 146 valence electrons. The van der Waals surface area contributed by atoms with Crippen LogP contribution in [-0.4, -0.2) is 27.1 Å². The minimum absolute atomic E-state index is 0.169. The topological polar surface area (TPSA) is 99.1 Å². The van der Waals surface area contributed by atoms with Gasteiger partial charge in [0.1, 0.15) is 6.04 Å². The van der Waals surface area contributed by atoms with E-state index in [1.54, 1.807) is 30.5 Å². The first-order chi connectivity index (χ1) is 12.9. The number of primary amides is 1. The molecule has 1 aromatic carbocycles. The zero-order valence-corrected chi connectivity index (χ0v) is 16.0. The maximum Gasteiger partial charge on any atom is 0.337 e. The molecule has 27 heavy (non-hydrogen) atoms.